The summed E-state index contributed by atoms with van der Waals surface area (Å²) in [5.74, 6) is 0. The van der Waals surface area contributed by atoms with Crippen LogP contribution >= 0.6 is 11.3 Å². The first-order chi connectivity index (χ1) is 8.76. The van der Waals surface area contributed by atoms with Gasteiger partial charge >= 0.3 is 0 Å². The Morgan fingerprint density at radius 3 is 2.78 bits per heavy atom. The van der Waals surface area contributed by atoms with E-state index in [0.717, 1.165) is 54.6 Å². The summed E-state index contributed by atoms with van der Waals surface area (Å²) in [6, 6.07) is 0.519. The Kier molecular flexibility index (Phi) is 4.97. The van der Waals surface area contributed by atoms with E-state index in [1.165, 1.54) is 0 Å². The lowest BCUT2D eigenvalue weighted by molar-refractivity contribution is 0.0855. The summed E-state index contributed by atoms with van der Waals surface area (Å²) < 4.78 is 5.39. The lowest BCUT2D eigenvalue weighted by atomic mass is 10.1. The van der Waals surface area contributed by atoms with Crippen molar-refractivity contribution in [3.63, 3.8) is 0 Å². The molecule has 1 aliphatic heterocycles. The van der Waals surface area contributed by atoms with Crippen LogP contribution in [0, 0.1) is 0 Å². The fourth-order valence-electron chi connectivity index (χ4n) is 2.30. The van der Waals surface area contributed by atoms with Gasteiger partial charge in [0.25, 0.3) is 0 Å². The molecular formula is C13H22N2O2S. The number of aliphatic hydroxyl groups excluding tert-OH is 1. The van der Waals surface area contributed by atoms with Gasteiger partial charge in [0.1, 0.15) is 0 Å². The first-order valence-corrected chi connectivity index (χ1v) is 7.48. The van der Waals surface area contributed by atoms with Gasteiger partial charge in [-0.05, 0) is 19.3 Å². The average Bonchev–Trinajstić information content (AvgIpc) is 2.82. The second kappa shape index (κ2) is 6.50. The zero-order valence-corrected chi connectivity index (χ0v) is 12.0. The quantitative estimate of drug-likeness (QED) is 0.891. The van der Waals surface area contributed by atoms with Gasteiger partial charge in [-0.1, -0.05) is 24.7 Å². The van der Waals surface area contributed by atoms with Gasteiger partial charge in [-0.25, -0.2) is 4.98 Å². The monoisotopic (exact) mass is 270 g/mol. The predicted octanol–water partition coefficient (Wildman–Crippen LogP) is 2.20. The molecule has 0 saturated carbocycles. The minimum absolute atomic E-state index is 0.106. The summed E-state index contributed by atoms with van der Waals surface area (Å²) in [4.78, 5) is 7.96. The molecular weight excluding hydrogens is 248 g/mol. The molecule has 2 heterocycles. The third-order valence-electron chi connectivity index (χ3n) is 3.44. The smallest absolute Gasteiger partial charge is 0.185 e. The number of hydrogen-bond donors (Lipinski definition) is 1. The third kappa shape index (κ3) is 3.02. The molecule has 0 amide bonds. The zero-order chi connectivity index (χ0) is 13.0. The molecule has 0 atom stereocenters. The van der Waals surface area contributed by atoms with Gasteiger partial charge in [-0.2, -0.15) is 0 Å². The van der Waals surface area contributed by atoms with Crippen molar-refractivity contribution in [3.8, 4) is 0 Å². The second-order valence-electron chi connectivity index (χ2n) is 4.73. The first-order valence-electron chi connectivity index (χ1n) is 6.66. The number of hydrogen-bond acceptors (Lipinski definition) is 5. The summed E-state index contributed by atoms with van der Waals surface area (Å²) in [5.41, 5.74) is 1.07. The Bertz CT molecular complexity index is 375. The van der Waals surface area contributed by atoms with Crippen molar-refractivity contribution in [2.75, 3.05) is 25.2 Å². The number of rotatable bonds is 5. The van der Waals surface area contributed by atoms with Crippen LogP contribution in [-0.4, -0.2) is 36.4 Å². The Morgan fingerprint density at radius 1 is 1.44 bits per heavy atom. The highest BCUT2D eigenvalue weighted by Crippen LogP contribution is 2.29. The minimum atomic E-state index is 0.106. The van der Waals surface area contributed by atoms with Crippen LogP contribution < -0.4 is 4.90 Å². The summed E-state index contributed by atoms with van der Waals surface area (Å²) >= 11 is 1.63. The molecule has 1 aromatic rings. The highest BCUT2D eigenvalue weighted by Gasteiger charge is 2.22. The topological polar surface area (TPSA) is 45.6 Å². The molecule has 102 valence electrons. The normalized spacial score (nSPS) is 17.1. The molecule has 0 radical (unpaired) electrons. The van der Waals surface area contributed by atoms with E-state index < -0.39 is 0 Å². The molecule has 1 N–H and O–H groups in total. The standard InChI is InChI=1S/C13H22N2O2S/c1-3-4-11-12(9-16)18-13(14-11)15(2)10-5-7-17-8-6-10/h10,16H,3-9H2,1-2H3. The molecule has 4 nitrogen and oxygen atoms in total. The van der Waals surface area contributed by atoms with E-state index >= 15 is 0 Å². The molecule has 0 unspecified atom stereocenters. The van der Waals surface area contributed by atoms with E-state index in [2.05, 4.69) is 23.9 Å². The van der Waals surface area contributed by atoms with Crippen LogP contribution in [-0.2, 0) is 17.8 Å². The van der Waals surface area contributed by atoms with Gasteiger partial charge in [0, 0.05) is 26.3 Å². The summed E-state index contributed by atoms with van der Waals surface area (Å²) in [5, 5.41) is 10.4. The van der Waals surface area contributed by atoms with Crippen molar-refractivity contribution in [3.05, 3.63) is 10.6 Å². The number of aromatic nitrogens is 1. The number of ether oxygens (including phenoxy) is 1. The van der Waals surface area contributed by atoms with E-state index in [1.807, 2.05) is 0 Å². The molecule has 18 heavy (non-hydrogen) atoms. The molecule has 0 aliphatic carbocycles. The fourth-order valence-corrected chi connectivity index (χ4v) is 3.30. The number of thiazole rings is 1. The fraction of sp³-hybridized carbons (Fsp3) is 0.769. The van der Waals surface area contributed by atoms with Crippen LogP contribution in [0.1, 0.15) is 36.8 Å². The van der Waals surface area contributed by atoms with E-state index in [0.29, 0.717) is 6.04 Å². The molecule has 1 aromatic heterocycles. The number of aryl methyl sites for hydroxylation is 1. The van der Waals surface area contributed by atoms with E-state index in [9.17, 15) is 5.11 Å². The van der Waals surface area contributed by atoms with Crippen molar-refractivity contribution in [2.45, 2.75) is 45.3 Å². The maximum absolute atomic E-state index is 9.38. The lowest BCUT2D eigenvalue weighted by Crippen LogP contribution is -2.36. The molecule has 2 rings (SSSR count). The number of aliphatic hydroxyl groups is 1. The lowest BCUT2D eigenvalue weighted by Gasteiger charge is -2.30. The molecule has 1 saturated heterocycles. The van der Waals surface area contributed by atoms with Crippen molar-refractivity contribution < 1.29 is 9.84 Å². The molecule has 5 heteroatoms. The van der Waals surface area contributed by atoms with Gasteiger partial charge in [0.2, 0.25) is 0 Å². The van der Waals surface area contributed by atoms with Crippen LogP contribution in [0.3, 0.4) is 0 Å². The van der Waals surface area contributed by atoms with Gasteiger partial charge in [-0.15, -0.1) is 0 Å². The molecule has 0 spiro atoms. The summed E-state index contributed by atoms with van der Waals surface area (Å²) in [6.07, 6.45) is 4.15. The Labute approximate surface area is 113 Å². The summed E-state index contributed by atoms with van der Waals surface area (Å²) in [7, 11) is 2.10. The Morgan fingerprint density at radius 2 is 2.17 bits per heavy atom. The highest BCUT2D eigenvalue weighted by atomic mass is 32.1. The van der Waals surface area contributed by atoms with E-state index in [1.54, 1.807) is 11.3 Å². The number of nitrogens with zero attached hydrogens (tertiary/aromatic N) is 2. The maximum Gasteiger partial charge on any atom is 0.185 e. The highest BCUT2D eigenvalue weighted by molar-refractivity contribution is 7.15. The SMILES string of the molecule is CCCc1nc(N(C)C2CCOCC2)sc1CO. The van der Waals surface area contributed by atoms with Crippen LogP contribution in [0.15, 0.2) is 0 Å². The van der Waals surface area contributed by atoms with Crippen LogP contribution in [0.2, 0.25) is 0 Å². The van der Waals surface area contributed by atoms with Crippen LogP contribution in [0.4, 0.5) is 5.13 Å². The van der Waals surface area contributed by atoms with Crippen molar-refractivity contribution in [2.24, 2.45) is 0 Å². The maximum atomic E-state index is 9.38. The average molecular weight is 270 g/mol. The second-order valence-corrected chi connectivity index (χ2v) is 5.79. The van der Waals surface area contributed by atoms with Crippen molar-refractivity contribution >= 4 is 16.5 Å². The predicted molar refractivity (Wildman–Crippen MR) is 74.3 cm³/mol. The number of anilines is 1. The van der Waals surface area contributed by atoms with Crippen molar-refractivity contribution in [1.82, 2.24) is 4.98 Å². The summed E-state index contributed by atoms with van der Waals surface area (Å²) in [6.45, 7) is 3.93. The van der Waals surface area contributed by atoms with Gasteiger partial charge < -0.3 is 14.7 Å². The zero-order valence-electron chi connectivity index (χ0n) is 11.2. The largest absolute Gasteiger partial charge is 0.391 e. The van der Waals surface area contributed by atoms with Crippen LogP contribution in [0.5, 0.6) is 0 Å². The Balaban J connectivity index is 2.11. The first kappa shape index (κ1) is 13.8. The molecule has 0 aromatic carbocycles. The van der Waals surface area contributed by atoms with Crippen molar-refractivity contribution in [1.29, 1.82) is 0 Å². The van der Waals surface area contributed by atoms with Gasteiger partial charge in [0.15, 0.2) is 5.13 Å². The third-order valence-corrected chi connectivity index (χ3v) is 4.61. The van der Waals surface area contributed by atoms with E-state index in [4.69, 9.17) is 4.74 Å². The Hall–Kier alpha value is -0.650. The minimum Gasteiger partial charge on any atom is -0.391 e. The van der Waals surface area contributed by atoms with E-state index in [-0.39, 0.29) is 6.61 Å². The van der Waals surface area contributed by atoms with Gasteiger partial charge in [0.05, 0.1) is 17.2 Å². The molecule has 1 aliphatic rings. The van der Waals surface area contributed by atoms with Gasteiger partial charge in [-0.3, -0.25) is 0 Å². The molecule has 1 fully saturated rings. The molecule has 0 bridgehead atoms. The van der Waals surface area contributed by atoms with Crippen LogP contribution in [0.25, 0.3) is 0 Å².